The number of aromatic nitrogens is 1. The van der Waals surface area contributed by atoms with Gasteiger partial charge in [-0.05, 0) is 18.6 Å². The summed E-state index contributed by atoms with van der Waals surface area (Å²) in [4.78, 5) is 26.5. The highest BCUT2D eigenvalue weighted by Gasteiger charge is 2.16. The minimum absolute atomic E-state index is 0.217. The SMILES string of the molecule is CC[C@@H](CC=O)Oc1cc(C(=O)OC)cc2scnc12. The first kappa shape index (κ1) is 14.5. The lowest BCUT2D eigenvalue weighted by Crippen LogP contribution is -2.16. The summed E-state index contributed by atoms with van der Waals surface area (Å²) in [7, 11) is 1.33. The molecule has 20 heavy (non-hydrogen) atoms. The predicted molar refractivity (Wildman–Crippen MR) is 76.3 cm³/mol. The van der Waals surface area contributed by atoms with Crippen molar-refractivity contribution >= 4 is 33.8 Å². The Balaban J connectivity index is 2.41. The molecule has 0 aliphatic heterocycles. The number of thiazole rings is 1. The second-order valence-corrected chi connectivity index (χ2v) is 5.10. The fraction of sp³-hybridized carbons (Fsp3) is 0.357. The Bertz CT molecular complexity index is 623. The molecule has 5 nitrogen and oxygen atoms in total. The maximum absolute atomic E-state index is 11.7. The average molecular weight is 293 g/mol. The molecule has 0 amide bonds. The molecule has 1 atom stereocenters. The molecule has 0 saturated heterocycles. The van der Waals surface area contributed by atoms with E-state index in [-0.39, 0.29) is 6.10 Å². The number of hydrogen-bond donors (Lipinski definition) is 0. The van der Waals surface area contributed by atoms with Crippen molar-refractivity contribution < 1.29 is 19.1 Å². The number of nitrogens with zero attached hydrogens (tertiary/aromatic N) is 1. The lowest BCUT2D eigenvalue weighted by molar-refractivity contribution is -0.109. The zero-order valence-corrected chi connectivity index (χ0v) is 12.1. The number of hydrogen-bond acceptors (Lipinski definition) is 6. The molecule has 0 N–H and O–H groups in total. The van der Waals surface area contributed by atoms with Crippen LogP contribution in [0.4, 0.5) is 0 Å². The van der Waals surface area contributed by atoms with Crippen LogP contribution in [0, 0.1) is 0 Å². The summed E-state index contributed by atoms with van der Waals surface area (Å²) in [6.45, 7) is 1.94. The first-order valence-corrected chi connectivity index (χ1v) is 7.13. The highest BCUT2D eigenvalue weighted by molar-refractivity contribution is 7.16. The van der Waals surface area contributed by atoms with Gasteiger partial charge in [0, 0.05) is 6.42 Å². The highest BCUT2D eigenvalue weighted by Crippen LogP contribution is 2.31. The van der Waals surface area contributed by atoms with E-state index in [1.807, 2.05) is 6.92 Å². The monoisotopic (exact) mass is 293 g/mol. The van der Waals surface area contributed by atoms with Gasteiger partial charge < -0.3 is 14.3 Å². The van der Waals surface area contributed by atoms with Gasteiger partial charge in [0.1, 0.15) is 23.7 Å². The average Bonchev–Trinajstić information content (AvgIpc) is 2.94. The summed E-state index contributed by atoms with van der Waals surface area (Å²) in [5.74, 6) is 0.0893. The van der Waals surface area contributed by atoms with Gasteiger partial charge >= 0.3 is 5.97 Å². The van der Waals surface area contributed by atoms with Crippen LogP contribution in [0.3, 0.4) is 0 Å². The van der Waals surface area contributed by atoms with Crippen molar-refractivity contribution in [2.45, 2.75) is 25.9 Å². The first-order valence-electron chi connectivity index (χ1n) is 6.25. The van der Waals surface area contributed by atoms with E-state index in [0.717, 1.165) is 11.0 Å². The molecule has 0 unspecified atom stereocenters. The lowest BCUT2D eigenvalue weighted by atomic mass is 10.2. The minimum atomic E-state index is -0.423. The molecule has 0 fully saturated rings. The van der Waals surface area contributed by atoms with Crippen molar-refractivity contribution in [1.29, 1.82) is 0 Å². The number of benzene rings is 1. The Kier molecular flexibility index (Phi) is 4.68. The lowest BCUT2D eigenvalue weighted by Gasteiger charge is -2.16. The molecular formula is C14H15NO4S. The number of carbonyl (C=O) groups is 2. The largest absolute Gasteiger partial charge is 0.488 e. The molecule has 0 aliphatic carbocycles. The van der Waals surface area contributed by atoms with Gasteiger partial charge in [-0.25, -0.2) is 9.78 Å². The molecule has 0 spiro atoms. The van der Waals surface area contributed by atoms with E-state index in [0.29, 0.717) is 29.7 Å². The van der Waals surface area contributed by atoms with Gasteiger partial charge in [0.25, 0.3) is 0 Å². The van der Waals surface area contributed by atoms with Crippen molar-refractivity contribution in [2.24, 2.45) is 0 Å². The van der Waals surface area contributed by atoms with E-state index < -0.39 is 5.97 Å². The molecular weight excluding hydrogens is 278 g/mol. The summed E-state index contributed by atoms with van der Waals surface area (Å²) < 4.78 is 11.4. The summed E-state index contributed by atoms with van der Waals surface area (Å²) in [5, 5.41) is 0. The van der Waals surface area contributed by atoms with Gasteiger partial charge in [-0.2, -0.15) is 0 Å². The Hall–Kier alpha value is -1.95. The van der Waals surface area contributed by atoms with Crippen LogP contribution in [0.2, 0.25) is 0 Å². The van der Waals surface area contributed by atoms with Crippen LogP contribution in [-0.4, -0.2) is 30.5 Å². The topological polar surface area (TPSA) is 65.5 Å². The quantitative estimate of drug-likeness (QED) is 0.605. The molecule has 1 aromatic carbocycles. The molecule has 2 rings (SSSR count). The van der Waals surface area contributed by atoms with Gasteiger partial charge in [-0.1, -0.05) is 6.92 Å². The van der Waals surface area contributed by atoms with Gasteiger partial charge in [-0.15, -0.1) is 11.3 Å². The number of ether oxygens (including phenoxy) is 2. The Labute approximate surface area is 120 Å². The van der Waals surface area contributed by atoms with E-state index in [2.05, 4.69) is 4.98 Å². The molecule has 1 heterocycles. The smallest absolute Gasteiger partial charge is 0.338 e. The van der Waals surface area contributed by atoms with Crippen molar-refractivity contribution in [3.63, 3.8) is 0 Å². The third-order valence-corrected chi connectivity index (χ3v) is 3.71. The third kappa shape index (κ3) is 2.96. The molecule has 0 aliphatic rings. The molecule has 2 aromatic rings. The van der Waals surface area contributed by atoms with E-state index in [4.69, 9.17) is 9.47 Å². The normalized spacial score (nSPS) is 12.1. The van der Waals surface area contributed by atoms with Gasteiger partial charge in [0.15, 0.2) is 0 Å². The van der Waals surface area contributed by atoms with E-state index in [1.54, 1.807) is 17.6 Å². The third-order valence-electron chi connectivity index (χ3n) is 2.93. The van der Waals surface area contributed by atoms with Crippen molar-refractivity contribution in [1.82, 2.24) is 4.98 Å². The molecule has 1 aromatic heterocycles. The summed E-state index contributed by atoms with van der Waals surface area (Å²) in [6, 6.07) is 3.34. The van der Waals surface area contributed by atoms with Crippen LogP contribution >= 0.6 is 11.3 Å². The number of aldehydes is 1. The van der Waals surface area contributed by atoms with Crippen molar-refractivity contribution in [3.05, 3.63) is 23.2 Å². The standard InChI is InChI=1S/C14H15NO4S/c1-3-10(4-5-16)19-11-6-9(14(17)18-2)7-12-13(11)15-8-20-12/h5-8,10H,3-4H2,1-2H3/t10-/m0/s1. The Morgan fingerprint density at radius 1 is 1.50 bits per heavy atom. The molecule has 0 bridgehead atoms. The summed E-state index contributed by atoms with van der Waals surface area (Å²) in [5.41, 5.74) is 2.81. The number of rotatable bonds is 6. The number of methoxy groups -OCH3 is 1. The van der Waals surface area contributed by atoms with Crippen LogP contribution in [0.1, 0.15) is 30.1 Å². The minimum Gasteiger partial charge on any atom is -0.488 e. The maximum atomic E-state index is 11.7. The fourth-order valence-electron chi connectivity index (χ4n) is 1.85. The van der Waals surface area contributed by atoms with E-state index >= 15 is 0 Å². The highest BCUT2D eigenvalue weighted by atomic mass is 32.1. The van der Waals surface area contributed by atoms with E-state index in [9.17, 15) is 9.59 Å². The van der Waals surface area contributed by atoms with Crippen LogP contribution in [0.25, 0.3) is 10.2 Å². The summed E-state index contributed by atoms with van der Waals surface area (Å²) in [6.07, 6.45) is 1.62. The zero-order valence-electron chi connectivity index (χ0n) is 11.3. The molecule has 106 valence electrons. The Morgan fingerprint density at radius 2 is 2.30 bits per heavy atom. The number of esters is 1. The number of carbonyl (C=O) groups excluding carboxylic acids is 2. The fourth-order valence-corrected chi connectivity index (χ4v) is 2.58. The molecule has 6 heteroatoms. The summed E-state index contributed by atoms with van der Waals surface area (Å²) >= 11 is 1.42. The van der Waals surface area contributed by atoms with Crippen LogP contribution < -0.4 is 4.74 Å². The number of fused-ring (bicyclic) bond motifs is 1. The van der Waals surface area contributed by atoms with Crippen molar-refractivity contribution in [2.75, 3.05) is 7.11 Å². The molecule has 0 saturated carbocycles. The second kappa shape index (κ2) is 6.47. The maximum Gasteiger partial charge on any atom is 0.338 e. The van der Waals surface area contributed by atoms with Crippen LogP contribution in [0.15, 0.2) is 17.6 Å². The second-order valence-electron chi connectivity index (χ2n) is 4.22. The first-order chi connectivity index (χ1) is 9.69. The predicted octanol–water partition coefficient (Wildman–Crippen LogP) is 2.83. The van der Waals surface area contributed by atoms with Crippen LogP contribution in [0.5, 0.6) is 5.75 Å². The Morgan fingerprint density at radius 3 is 2.95 bits per heavy atom. The van der Waals surface area contributed by atoms with Gasteiger partial charge in [0.2, 0.25) is 0 Å². The zero-order chi connectivity index (χ0) is 14.5. The van der Waals surface area contributed by atoms with Gasteiger partial charge in [-0.3, -0.25) is 0 Å². The van der Waals surface area contributed by atoms with Gasteiger partial charge in [0.05, 0.1) is 22.9 Å². The molecule has 0 radical (unpaired) electrons. The van der Waals surface area contributed by atoms with Crippen molar-refractivity contribution in [3.8, 4) is 5.75 Å². The van der Waals surface area contributed by atoms with E-state index in [1.165, 1.54) is 18.4 Å². The van der Waals surface area contributed by atoms with Crippen LogP contribution in [-0.2, 0) is 9.53 Å².